The first-order valence-corrected chi connectivity index (χ1v) is 13.1. The number of hydrogen-bond acceptors (Lipinski definition) is 8. The number of nitrogens with two attached hydrogens (primary N) is 2. The number of carbonyl (C=O) groups is 2. The highest BCUT2D eigenvalue weighted by Gasteiger charge is 2.29. The molecule has 0 bridgehead atoms. The Morgan fingerprint density at radius 2 is 1.87 bits per heavy atom. The van der Waals surface area contributed by atoms with E-state index in [1.165, 1.54) is 10.9 Å². The fourth-order valence-electron chi connectivity index (χ4n) is 3.68. The first kappa shape index (κ1) is 27.3. The number of aliphatic carboxylic acids is 1. The minimum atomic E-state index is -4.24. The molecule has 4 rings (SSSR count). The second kappa shape index (κ2) is 11.7. The van der Waals surface area contributed by atoms with Gasteiger partial charge >= 0.3 is 5.97 Å². The molecule has 204 valence electrons. The van der Waals surface area contributed by atoms with Gasteiger partial charge in [0.2, 0.25) is 15.9 Å². The van der Waals surface area contributed by atoms with Crippen LogP contribution < -0.4 is 21.5 Å². The summed E-state index contributed by atoms with van der Waals surface area (Å²) in [6.45, 7) is -0.479. The molecule has 0 fully saturated rings. The van der Waals surface area contributed by atoms with E-state index < -0.39 is 40.6 Å². The molecule has 14 nitrogen and oxygen atoms in total. The number of aromatic nitrogens is 2. The number of nitrogens with zero attached hydrogens (tertiary/aromatic N) is 4. The van der Waals surface area contributed by atoms with Gasteiger partial charge in [-0.25, -0.2) is 18.1 Å². The molecule has 2 atom stereocenters. The van der Waals surface area contributed by atoms with Crippen LogP contribution in [-0.4, -0.2) is 65.5 Å². The average Bonchev–Trinajstić information content (AvgIpc) is 3.58. The third-order valence-electron chi connectivity index (χ3n) is 5.59. The lowest BCUT2D eigenvalue weighted by molar-refractivity contribution is -0.138. The van der Waals surface area contributed by atoms with Crippen molar-refractivity contribution in [1.29, 1.82) is 0 Å². The molecule has 1 aliphatic rings. The molecule has 0 saturated carbocycles. The van der Waals surface area contributed by atoms with Crippen molar-refractivity contribution in [2.24, 2.45) is 21.6 Å². The largest absolute Gasteiger partial charge is 0.480 e. The lowest BCUT2D eigenvalue weighted by atomic mass is 10.0. The van der Waals surface area contributed by atoms with Gasteiger partial charge < -0.3 is 26.7 Å². The number of benzene rings is 2. The van der Waals surface area contributed by atoms with E-state index in [4.69, 9.17) is 16.3 Å². The van der Waals surface area contributed by atoms with E-state index in [0.29, 0.717) is 23.5 Å². The maximum atomic E-state index is 12.8. The number of guanidine groups is 1. The first-order valence-electron chi connectivity index (χ1n) is 11.7. The molecule has 1 aliphatic heterocycles. The number of carboxylic acids is 1. The Kier molecular flexibility index (Phi) is 8.21. The topological polar surface area (TPSA) is 216 Å². The van der Waals surface area contributed by atoms with Gasteiger partial charge in [0.25, 0.3) is 0 Å². The van der Waals surface area contributed by atoms with Crippen LogP contribution >= 0.6 is 0 Å². The quantitative estimate of drug-likeness (QED) is 0.161. The minimum Gasteiger partial charge on any atom is -0.480 e. The predicted molar refractivity (Wildman–Crippen MR) is 141 cm³/mol. The maximum Gasteiger partial charge on any atom is 0.323 e. The van der Waals surface area contributed by atoms with Crippen LogP contribution in [0.4, 0.5) is 5.69 Å². The summed E-state index contributed by atoms with van der Waals surface area (Å²) in [5.74, 6) is -2.05. The van der Waals surface area contributed by atoms with Crippen molar-refractivity contribution in [2.45, 2.75) is 29.9 Å². The SMILES string of the molecule is NC(N)=Nc1ccc(C2=NO[C@@H](CC(=O)NC[C@H](NS(=O)(=O)c3cnn(-c4ccccc4)c3)C(=O)O)C2)cc1. The number of amides is 1. The van der Waals surface area contributed by atoms with E-state index in [2.05, 4.69) is 25.3 Å². The van der Waals surface area contributed by atoms with Crippen molar-refractivity contribution in [1.82, 2.24) is 19.8 Å². The predicted octanol–water partition coefficient (Wildman–Crippen LogP) is 0.208. The van der Waals surface area contributed by atoms with E-state index in [-0.39, 0.29) is 17.3 Å². The van der Waals surface area contributed by atoms with Gasteiger partial charge in [-0.05, 0) is 29.8 Å². The van der Waals surface area contributed by atoms with Crippen LogP contribution in [0, 0.1) is 0 Å². The Morgan fingerprint density at radius 3 is 2.54 bits per heavy atom. The van der Waals surface area contributed by atoms with Crippen LogP contribution in [0.3, 0.4) is 0 Å². The molecule has 7 N–H and O–H groups in total. The number of aliphatic imine (C=N–C) groups is 1. The van der Waals surface area contributed by atoms with Gasteiger partial charge in [0.1, 0.15) is 17.0 Å². The third kappa shape index (κ3) is 7.18. The number of hydrogen-bond donors (Lipinski definition) is 5. The summed E-state index contributed by atoms with van der Waals surface area (Å²) in [4.78, 5) is 33.2. The van der Waals surface area contributed by atoms with Crippen LogP contribution in [0.1, 0.15) is 18.4 Å². The lowest BCUT2D eigenvalue weighted by Gasteiger charge is -2.15. The van der Waals surface area contributed by atoms with E-state index in [1.807, 2.05) is 0 Å². The summed E-state index contributed by atoms with van der Waals surface area (Å²) in [7, 11) is -4.24. The highest BCUT2D eigenvalue weighted by atomic mass is 32.2. The van der Waals surface area contributed by atoms with Gasteiger partial charge in [0.05, 0.1) is 35.9 Å². The van der Waals surface area contributed by atoms with E-state index in [0.717, 1.165) is 11.8 Å². The highest BCUT2D eigenvalue weighted by Crippen LogP contribution is 2.21. The standard InChI is InChI=1S/C24H26N8O6S/c25-24(26)29-16-8-6-15(7-9-16)20-10-18(38-30-20)11-22(33)27-13-21(23(34)35)31-39(36,37)19-12-28-32(14-19)17-4-2-1-3-5-17/h1-9,12,14,18,21,31H,10-11,13H2,(H,27,33)(H,34,35)(H4,25,26,29)/t18-,21+/m1/s1. The van der Waals surface area contributed by atoms with E-state index >= 15 is 0 Å². The Labute approximate surface area is 223 Å². The van der Waals surface area contributed by atoms with Gasteiger partial charge in [-0.15, -0.1) is 0 Å². The highest BCUT2D eigenvalue weighted by molar-refractivity contribution is 7.89. The summed E-state index contributed by atoms with van der Waals surface area (Å²) in [5, 5.41) is 20.0. The molecule has 3 aromatic rings. The molecule has 1 aromatic heterocycles. The normalized spacial score (nSPS) is 15.6. The zero-order valence-electron chi connectivity index (χ0n) is 20.5. The number of nitrogens with one attached hydrogen (secondary N) is 2. The monoisotopic (exact) mass is 554 g/mol. The van der Waals surface area contributed by atoms with Crippen LogP contribution in [0.15, 0.2) is 82.0 Å². The van der Waals surface area contributed by atoms with Crippen LogP contribution in [0.25, 0.3) is 5.69 Å². The summed E-state index contributed by atoms with van der Waals surface area (Å²) in [6, 6.07) is 14.1. The number of para-hydroxylation sites is 1. The Morgan fingerprint density at radius 1 is 1.15 bits per heavy atom. The van der Waals surface area contributed by atoms with Crippen LogP contribution in [-0.2, 0) is 24.4 Å². The number of sulfonamides is 1. The molecule has 2 heterocycles. The number of carboxylic acid groups (broad SMARTS) is 1. The summed E-state index contributed by atoms with van der Waals surface area (Å²) in [6.07, 6.45) is 2.04. The first-order chi connectivity index (χ1) is 18.6. The number of carbonyl (C=O) groups excluding carboxylic acids is 1. The van der Waals surface area contributed by atoms with Gasteiger partial charge in [0.15, 0.2) is 5.96 Å². The van der Waals surface area contributed by atoms with Crippen LogP contribution in [0.2, 0.25) is 0 Å². The zero-order valence-corrected chi connectivity index (χ0v) is 21.3. The molecule has 15 heteroatoms. The minimum absolute atomic E-state index is 0.0625. The van der Waals surface area contributed by atoms with Crippen LogP contribution in [0.5, 0.6) is 0 Å². The Balaban J connectivity index is 1.29. The molecule has 0 spiro atoms. The van der Waals surface area contributed by atoms with Gasteiger partial charge in [0, 0.05) is 13.0 Å². The molecule has 1 amide bonds. The molecule has 0 unspecified atom stereocenters. The second-order valence-corrected chi connectivity index (χ2v) is 10.2. The van der Waals surface area contributed by atoms with Gasteiger partial charge in [-0.1, -0.05) is 35.5 Å². The summed E-state index contributed by atoms with van der Waals surface area (Å²) >= 11 is 0. The fourth-order valence-corrected chi connectivity index (χ4v) is 4.80. The zero-order chi connectivity index (χ0) is 28.0. The molecule has 2 aromatic carbocycles. The van der Waals surface area contributed by atoms with Gasteiger partial charge in [-0.3, -0.25) is 9.59 Å². The number of oxime groups is 1. The summed E-state index contributed by atoms with van der Waals surface area (Å²) in [5.41, 5.74) is 13.3. The average molecular weight is 555 g/mol. The third-order valence-corrected chi connectivity index (χ3v) is 7.02. The van der Waals surface area contributed by atoms with Crippen molar-refractivity contribution in [3.05, 3.63) is 72.6 Å². The van der Waals surface area contributed by atoms with Crippen molar-refractivity contribution >= 4 is 39.3 Å². The van der Waals surface area contributed by atoms with E-state index in [1.54, 1.807) is 54.6 Å². The van der Waals surface area contributed by atoms with Crippen molar-refractivity contribution in [3.63, 3.8) is 0 Å². The molecule has 0 saturated heterocycles. The Bertz CT molecular complexity index is 1500. The lowest BCUT2D eigenvalue weighted by Crippen LogP contribution is -2.48. The smallest absolute Gasteiger partial charge is 0.323 e. The van der Waals surface area contributed by atoms with Gasteiger partial charge in [-0.2, -0.15) is 9.82 Å². The molecule has 39 heavy (non-hydrogen) atoms. The molecular formula is C24H26N8O6S. The van der Waals surface area contributed by atoms with E-state index in [9.17, 15) is 23.1 Å². The molecular weight excluding hydrogens is 528 g/mol. The Hall–Kier alpha value is -4.76. The molecule has 0 radical (unpaired) electrons. The number of rotatable bonds is 11. The summed E-state index contributed by atoms with van der Waals surface area (Å²) < 4.78 is 29.0. The van der Waals surface area contributed by atoms with Crippen molar-refractivity contribution < 1.29 is 28.0 Å². The van der Waals surface area contributed by atoms with Crippen molar-refractivity contribution in [3.8, 4) is 5.69 Å². The molecule has 0 aliphatic carbocycles. The van der Waals surface area contributed by atoms with Crippen molar-refractivity contribution in [2.75, 3.05) is 6.54 Å². The maximum absolute atomic E-state index is 12.8. The second-order valence-electron chi connectivity index (χ2n) is 8.53. The fraction of sp³-hybridized carbons (Fsp3) is 0.208.